The normalized spacial score (nSPS) is 18.2. The van der Waals surface area contributed by atoms with Gasteiger partial charge in [0.1, 0.15) is 5.82 Å². The number of halogens is 1. The zero-order valence-corrected chi connectivity index (χ0v) is 11.9. The van der Waals surface area contributed by atoms with Crippen LogP contribution in [-0.4, -0.2) is 17.5 Å². The number of rotatable bonds is 2. The van der Waals surface area contributed by atoms with Crippen LogP contribution in [0.1, 0.15) is 24.0 Å². The van der Waals surface area contributed by atoms with Crippen molar-refractivity contribution in [2.45, 2.75) is 25.4 Å². The van der Waals surface area contributed by atoms with Crippen LogP contribution in [0.25, 0.3) is 0 Å². The Balaban J connectivity index is 1.68. The summed E-state index contributed by atoms with van der Waals surface area (Å²) in [4.78, 5) is 2.38. The Hall–Kier alpha value is -2.11. The Bertz CT molecular complexity index is 637. The molecule has 1 aliphatic heterocycles. The summed E-state index contributed by atoms with van der Waals surface area (Å²) in [5.41, 5.74) is 2.20. The van der Waals surface area contributed by atoms with Gasteiger partial charge >= 0.3 is 0 Å². The van der Waals surface area contributed by atoms with Crippen LogP contribution in [-0.2, 0) is 6.54 Å². The summed E-state index contributed by atoms with van der Waals surface area (Å²) >= 11 is 0. The molecule has 0 N–H and O–H groups in total. The summed E-state index contributed by atoms with van der Waals surface area (Å²) in [6.07, 6.45) is 2.29. The molecule has 2 aromatic rings. The predicted octanol–water partition coefficient (Wildman–Crippen LogP) is 3.84. The van der Waals surface area contributed by atoms with Gasteiger partial charge in [0.2, 0.25) is 0 Å². The van der Waals surface area contributed by atoms with Gasteiger partial charge in [-0.3, -0.25) is 4.90 Å². The summed E-state index contributed by atoms with van der Waals surface area (Å²) in [6, 6.07) is 17.1. The highest BCUT2D eigenvalue weighted by Gasteiger charge is 2.22. The molecule has 1 aliphatic rings. The number of nitrogens with zero attached hydrogens (tertiary/aromatic N) is 1. The minimum absolute atomic E-state index is 0.180. The highest BCUT2D eigenvalue weighted by Crippen LogP contribution is 2.19. The number of likely N-dealkylation sites (tertiary alicyclic amines) is 1. The number of benzene rings is 2. The molecule has 0 radical (unpaired) electrons. The van der Waals surface area contributed by atoms with Crippen LogP contribution in [0.4, 0.5) is 4.39 Å². The molecule has 21 heavy (non-hydrogen) atoms. The fourth-order valence-corrected chi connectivity index (χ4v) is 2.69. The van der Waals surface area contributed by atoms with Gasteiger partial charge in [-0.05, 0) is 49.2 Å². The molecule has 0 saturated carbocycles. The minimum atomic E-state index is -0.180. The summed E-state index contributed by atoms with van der Waals surface area (Å²) in [5.74, 6) is 6.46. The van der Waals surface area contributed by atoms with Crippen molar-refractivity contribution in [1.82, 2.24) is 4.90 Å². The highest BCUT2D eigenvalue weighted by atomic mass is 19.1. The zero-order chi connectivity index (χ0) is 14.5. The molecule has 1 fully saturated rings. The van der Waals surface area contributed by atoms with Crippen LogP contribution in [0.5, 0.6) is 0 Å². The summed E-state index contributed by atoms with van der Waals surface area (Å²) in [5, 5.41) is 0. The third-order valence-corrected chi connectivity index (χ3v) is 3.82. The number of hydrogen-bond acceptors (Lipinski definition) is 1. The molecule has 1 saturated heterocycles. The van der Waals surface area contributed by atoms with Crippen LogP contribution in [0.3, 0.4) is 0 Å². The Kier molecular flexibility index (Phi) is 4.33. The van der Waals surface area contributed by atoms with Gasteiger partial charge in [-0.2, -0.15) is 0 Å². The van der Waals surface area contributed by atoms with Crippen molar-refractivity contribution in [1.29, 1.82) is 0 Å². The van der Waals surface area contributed by atoms with E-state index in [0.717, 1.165) is 30.6 Å². The minimum Gasteiger partial charge on any atom is -0.285 e. The maximum atomic E-state index is 12.9. The van der Waals surface area contributed by atoms with Crippen LogP contribution < -0.4 is 0 Å². The molecule has 0 amide bonds. The maximum Gasteiger partial charge on any atom is 0.123 e. The average Bonchev–Trinajstić information content (AvgIpc) is 2.96. The highest BCUT2D eigenvalue weighted by molar-refractivity contribution is 5.35. The average molecular weight is 279 g/mol. The van der Waals surface area contributed by atoms with Crippen LogP contribution in [0.2, 0.25) is 0 Å². The molecule has 0 aromatic heterocycles. The lowest BCUT2D eigenvalue weighted by Gasteiger charge is -2.20. The predicted molar refractivity (Wildman–Crippen MR) is 83.2 cm³/mol. The first-order valence-corrected chi connectivity index (χ1v) is 7.36. The van der Waals surface area contributed by atoms with E-state index < -0.39 is 0 Å². The zero-order valence-electron chi connectivity index (χ0n) is 11.9. The maximum absolute atomic E-state index is 12.9. The lowest BCUT2D eigenvalue weighted by Crippen LogP contribution is -2.27. The second kappa shape index (κ2) is 6.56. The second-order valence-electron chi connectivity index (χ2n) is 5.39. The van der Waals surface area contributed by atoms with Crippen molar-refractivity contribution in [2.75, 3.05) is 6.54 Å². The molecule has 1 atom stereocenters. The Labute approximate surface area is 125 Å². The van der Waals surface area contributed by atoms with Crippen LogP contribution in [0.15, 0.2) is 54.6 Å². The summed E-state index contributed by atoms with van der Waals surface area (Å²) in [7, 11) is 0. The fourth-order valence-electron chi connectivity index (χ4n) is 2.69. The number of hydrogen-bond donors (Lipinski definition) is 0. The fraction of sp³-hybridized carbons (Fsp3) is 0.263. The van der Waals surface area contributed by atoms with Crippen molar-refractivity contribution in [2.24, 2.45) is 0 Å². The molecule has 0 bridgehead atoms. The third-order valence-electron chi connectivity index (χ3n) is 3.82. The monoisotopic (exact) mass is 279 g/mol. The van der Waals surface area contributed by atoms with Gasteiger partial charge in [0.25, 0.3) is 0 Å². The summed E-state index contributed by atoms with van der Waals surface area (Å²) < 4.78 is 12.9. The first-order valence-electron chi connectivity index (χ1n) is 7.36. The largest absolute Gasteiger partial charge is 0.285 e. The van der Waals surface area contributed by atoms with Gasteiger partial charge < -0.3 is 0 Å². The van der Waals surface area contributed by atoms with E-state index in [1.54, 1.807) is 0 Å². The Morgan fingerprint density at radius 1 is 1.05 bits per heavy atom. The molecular formula is C19H18FN. The molecule has 3 rings (SSSR count). The molecule has 2 heteroatoms. The van der Waals surface area contributed by atoms with E-state index in [1.165, 1.54) is 18.6 Å². The second-order valence-corrected chi connectivity index (χ2v) is 5.39. The van der Waals surface area contributed by atoms with Gasteiger partial charge in [-0.15, -0.1) is 0 Å². The van der Waals surface area contributed by atoms with E-state index >= 15 is 0 Å². The molecular weight excluding hydrogens is 261 g/mol. The van der Waals surface area contributed by atoms with Crippen LogP contribution >= 0.6 is 0 Å². The molecule has 1 heterocycles. The van der Waals surface area contributed by atoms with Crippen molar-refractivity contribution in [3.63, 3.8) is 0 Å². The van der Waals surface area contributed by atoms with E-state index in [0.29, 0.717) is 6.04 Å². The lowest BCUT2D eigenvalue weighted by atomic mass is 10.1. The van der Waals surface area contributed by atoms with Gasteiger partial charge in [0, 0.05) is 12.1 Å². The van der Waals surface area contributed by atoms with E-state index in [-0.39, 0.29) is 5.82 Å². The first kappa shape index (κ1) is 13.9. The first-order chi connectivity index (χ1) is 10.3. The Morgan fingerprint density at radius 2 is 1.81 bits per heavy atom. The quantitative estimate of drug-likeness (QED) is 0.755. The smallest absolute Gasteiger partial charge is 0.123 e. The Morgan fingerprint density at radius 3 is 2.57 bits per heavy atom. The van der Waals surface area contributed by atoms with Crippen molar-refractivity contribution < 1.29 is 4.39 Å². The van der Waals surface area contributed by atoms with Crippen molar-refractivity contribution in [3.8, 4) is 11.8 Å². The molecule has 0 spiro atoms. The lowest BCUT2D eigenvalue weighted by molar-refractivity contribution is 0.288. The van der Waals surface area contributed by atoms with E-state index in [1.807, 2.05) is 42.5 Å². The molecule has 106 valence electrons. The van der Waals surface area contributed by atoms with E-state index in [9.17, 15) is 4.39 Å². The van der Waals surface area contributed by atoms with Gasteiger partial charge in [-0.1, -0.05) is 42.2 Å². The van der Waals surface area contributed by atoms with E-state index in [4.69, 9.17) is 0 Å². The molecule has 1 unspecified atom stereocenters. The summed E-state index contributed by atoms with van der Waals surface area (Å²) in [6.45, 7) is 1.90. The van der Waals surface area contributed by atoms with Crippen molar-refractivity contribution in [3.05, 3.63) is 71.5 Å². The van der Waals surface area contributed by atoms with E-state index in [2.05, 4.69) is 16.7 Å². The standard InChI is InChI=1S/C19H18FN/c20-18-11-8-17(9-12-18)15-21-14-4-7-19(21)13-10-16-5-2-1-3-6-16/h1-3,5-6,8-9,11-12,19H,4,7,14-15H2. The molecule has 0 aliphatic carbocycles. The van der Waals surface area contributed by atoms with Crippen LogP contribution in [0, 0.1) is 17.7 Å². The molecule has 1 nitrogen and oxygen atoms in total. The van der Waals surface area contributed by atoms with Crippen molar-refractivity contribution >= 4 is 0 Å². The van der Waals surface area contributed by atoms with Gasteiger partial charge in [0.05, 0.1) is 6.04 Å². The SMILES string of the molecule is Fc1ccc(CN2CCCC2C#Cc2ccccc2)cc1. The van der Waals surface area contributed by atoms with Gasteiger partial charge in [0.15, 0.2) is 0 Å². The topological polar surface area (TPSA) is 3.24 Å². The van der Waals surface area contributed by atoms with Gasteiger partial charge in [-0.25, -0.2) is 4.39 Å². The molecule has 2 aromatic carbocycles. The third kappa shape index (κ3) is 3.71.